The van der Waals surface area contributed by atoms with E-state index in [2.05, 4.69) is 27.2 Å². The number of rotatable bonds is 14. The molecule has 3 aromatic rings. The molecule has 11 heteroatoms. The molecule has 2 atom stereocenters. The Kier molecular flexibility index (Phi) is 10.1. The second-order valence-corrected chi connectivity index (χ2v) is 9.94. The summed E-state index contributed by atoms with van der Waals surface area (Å²) in [6.07, 6.45) is 0.901. The van der Waals surface area contributed by atoms with E-state index in [-0.39, 0.29) is 17.1 Å². The van der Waals surface area contributed by atoms with Gasteiger partial charge in [0.1, 0.15) is 24.2 Å². The summed E-state index contributed by atoms with van der Waals surface area (Å²) in [6, 6.07) is 15.5. The van der Waals surface area contributed by atoms with Crippen molar-refractivity contribution < 1.29 is 32.2 Å². The van der Waals surface area contributed by atoms with Crippen molar-refractivity contribution in [3.8, 4) is 11.5 Å². The molecule has 0 saturated heterocycles. The van der Waals surface area contributed by atoms with Gasteiger partial charge in [0.25, 0.3) is 0 Å². The van der Waals surface area contributed by atoms with Crippen LogP contribution in [0.2, 0.25) is 0 Å². The minimum absolute atomic E-state index is 0.0107. The Bertz CT molecular complexity index is 1200. The van der Waals surface area contributed by atoms with Crippen LogP contribution in [-0.2, 0) is 22.7 Å². The fourth-order valence-corrected chi connectivity index (χ4v) is 4.84. The Morgan fingerprint density at radius 3 is 2.50 bits per heavy atom. The predicted molar refractivity (Wildman–Crippen MR) is 142 cm³/mol. The SMILES string of the molecule is CCONC1=C(Cn2cncn2)[C@H](COc2ccc(OC(F)(F)F)cc2)CC[C@@]1(C)CCOCc1ccccc1. The van der Waals surface area contributed by atoms with Crippen LogP contribution in [0.4, 0.5) is 13.2 Å². The normalized spacial score (nSPS) is 19.5. The van der Waals surface area contributed by atoms with Gasteiger partial charge < -0.3 is 14.2 Å². The fourth-order valence-electron chi connectivity index (χ4n) is 4.84. The van der Waals surface area contributed by atoms with Crippen molar-refractivity contribution in [1.82, 2.24) is 20.2 Å². The molecule has 1 heterocycles. The zero-order valence-electron chi connectivity index (χ0n) is 22.7. The van der Waals surface area contributed by atoms with Crippen molar-refractivity contribution in [2.24, 2.45) is 11.3 Å². The van der Waals surface area contributed by atoms with E-state index in [1.807, 2.05) is 37.3 Å². The largest absolute Gasteiger partial charge is 0.573 e. The first-order valence-electron chi connectivity index (χ1n) is 13.3. The Morgan fingerprint density at radius 1 is 1.07 bits per heavy atom. The van der Waals surface area contributed by atoms with Gasteiger partial charge in [0.15, 0.2) is 0 Å². The van der Waals surface area contributed by atoms with Crippen molar-refractivity contribution in [3.05, 3.63) is 84.1 Å². The van der Waals surface area contributed by atoms with E-state index in [1.54, 1.807) is 11.0 Å². The van der Waals surface area contributed by atoms with E-state index in [4.69, 9.17) is 14.3 Å². The summed E-state index contributed by atoms with van der Waals surface area (Å²) in [5, 5.41) is 4.30. The number of hydroxylamine groups is 1. The second-order valence-electron chi connectivity index (χ2n) is 9.94. The molecule has 0 bridgehead atoms. The lowest BCUT2D eigenvalue weighted by Gasteiger charge is -2.41. The maximum atomic E-state index is 12.5. The Labute approximate surface area is 232 Å². The molecule has 0 aliphatic heterocycles. The number of ether oxygens (including phenoxy) is 3. The van der Waals surface area contributed by atoms with Crippen molar-refractivity contribution in [2.45, 2.75) is 52.6 Å². The summed E-state index contributed by atoms with van der Waals surface area (Å²) < 4.78 is 55.3. The lowest BCUT2D eigenvalue weighted by molar-refractivity contribution is -0.274. The maximum Gasteiger partial charge on any atom is 0.573 e. The minimum Gasteiger partial charge on any atom is -0.493 e. The van der Waals surface area contributed by atoms with E-state index < -0.39 is 6.36 Å². The molecule has 1 aromatic heterocycles. The molecule has 0 spiro atoms. The van der Waals surface area contributed by atoms with Crippen LogP contribution in [0.5, 0.6) is 11.5 Å². The number of halogens is 3. The molecule has 4 rings (SSSR count). The minimum atomic E-state index is -4.74. The number of nitrogens with one attached hydrogen (secondary N) is 1. The van der Waals surface area contributed by atoms with Gasteiger partial charge in [-0.15, -0.1) is 13.2 Å². The highest BCUT2D eigenvalue weighted by molar-refractivity contribution is 5.32. The summed E-state index contributed by atoms with van der Waals surface area (Å²) in [5.41, 5.74) is 6.16. The molecule has 0 radical (unpaired) electrons. The third-order valence-electron chi connectivity index (χ3n) is 7.00. The standard InChI is InChI=1S/C29H35F3N4O4/c1-3-39-35-27-26(17-36-21-33-20-34-36)23(19-38-24-9-11-25(12-10-24)40-29(30,31)32)13-14-28(27,2)15-16-37-18-22-7-5-4-6-8-22/h4-12,20-21,23,35H,3,13-19H2,1-2H3/t23-,28-/m0/s1. The van der Waals surface area contributed by atoms with Gasteiger partial charge in [0.05, 0.1) is 26.4 Å². The van der Waals surface area contributed by atoms with Gasteiger partial charge in [0, 0.05) is 23.6 Å². The molecule has 0 amide bonds. The van der Waals surface area contributed by atoms with Crippen molar-refractivity contribution in [3.63, 3.8) is 0 Å². The van der Waals surface area contributed by atoms with Crippen LogP contribution in [0.15, 0.2) is 78.5 Å². The molecule has 1 aliphatic carbocycles. The van der Waals surface area contributed by atoms with Gasteiger partial charge in [-0.05, 0) is 61.6 Å². The zero-order valence-corrected chi connectivity index (χ0v) is 22.7. The first-order valence-corrected chi connectivity index (χ1v) is 13.3. The van der Waals surface area contributed by atoms with E-state index in [1.165, 1.54) is 30.6 Å². The van der Waals surface area contributed by atoms with Gasteiger partial charge in [-0.1, -0.05) is 37.3 Å². The first kappa shape index (κ1) is 29.4. The van der Waals surface area contributed by atoms with E-state index >= 15 is 0 Å². The maximum absolute atomic E-state index is 12.5. The highest BCUT2D eigenvalue weighted by Gasteiger charge is 2.39. The quantitative estimate of drug-likeness (QED) is 0.189. The molecular formula is C29H35F3N4O4. The number of aromatic nitrogens is 3. The van der Waals surface area contributed by atoms with E-state index in [9.17, 15) is 13.2 Å². The molecule has 0 fully saturated rings. The van der Waals surface area contributed by atoms with E-state index in [0.717, 1.165) is 36.1 Å². The first-order chi connectivity index (χ1) is 19.3. The molecule has 2 aromatic carbocycles. The van der Waals surface area contributed by atoms with Crippen LogP contribution in [0.3, 0.4) is 0 Å². The van der Waals surface area contributed by atoms with Crippen LogP contribution < -0.4 is 15.0 Å². The smallest absolute Gasteiger partial charge is 0.493 e. The summed E-state index contributed by atoms with van der Waals surface area (Å²) >= 11 is 0. The van der Waals surface area contributed by atoms with Gasteiger partial charge in [-0.3, -0.25) is 10.3 Å². The average Bonchev–Trinajstić information content (AvgIpc) is 3.44. The summed E-state index contributed by atoms with van der Waals surface area (Å²) in [4.78, 5) is 9.80. The van der Waals surface area contributed by atoms with Gasteiger partial charge >= 0.3 is 6.36 Å². The van der Waals surface area contributed by atoms with Crippen LogP contribution >= 0.6 is 0 Å². The van der Waals surface area contributed by atoms with Crippen molar-refractivity contribution in [2.75, 3.05) is 19.8 Å². The highest BCUT2D eigenvalue weighted by atomic mass is 19.4. The van der Waals surface area contributed by atoms with Crippen molar-refractivity contribution >= 4 is 0 Å². The molecule has 8 nitrogen and oxygen atoms in total. The van der Waals surface area contributed by atoms with Gasteiger partial charge in [-0.2, -0.15) is 5.10 Å². The highest BCUT2D eigenvalue weighted by Crippen LogP contribution is 2.45. The molecule has 216 valence electrons. The molecule has 0 unspecified atom stereocenters. The molecule has 40 heavy (non-hydrogen) atoms. The number of nitrogens with zero attached hydrogens (tertiary/aromatic N) is 3. The van der Waals surface area contributed by atoms with Crippen LogP contribution in [0.1, 0.15) is 38.7 Å². The summed E-state index contributed by atoms with van der Waals surface area (Å²) in [6.45, 7) is 6.55. The number of hydrogen-bond donors (Lipinski definition) is 1. The lowest BCUT2D eigenvalue weighted by atomic mass is 9.69. The van der Waals surface area contributed by atoms with Crippen LogP contribution in [-0.4, -0.2) is 40.9 Å². The third-order valence-corrected chi connectivity index (χ3v) is 7.00. The number of benzene rings is 2. The molecule has 1 aliphatic rings. The lowest BCUT2D eigenvalue weighted by Crippen LogP contribution is -2.39. The number of alkyl halides is 3. The fraction of sp³-hybridized carbons (Fsp3) is 0.448. The van der Waals surface area contributed by atoms with Crippen molar-refractivity contribution in [1.29, 1.82) is 0 Å². The monoisotopic (exact) mass is 560 g/mol. The van der Waals surface area contributed by atoms with Gasteiger partial charge in [-0.25, -0.2) is 9.67 Å². The predicted octanol–water partition coefficient (Wildman–Crippen LogP) is 6.07. The summed E-state index contributed by atoms with van der Waals surface area (Å²) in [7, 11) is 0. The number of allylic oxidation sites excluding steroid dienone is 1. The van der Waals surface area contributed by atoms with E-state index in [0.29, 0.717) is 38.7 Å². The third kappa shape index (κ3) is 8.46. The number of hydrogen-bond acceptors (Lipinski definition) is 7. The Hall–Kier alpha value is -3.57. The zero-order chi connectivity index (χ0) is 28.4. The molecular weight excluding hydrogens is 525 g/mol. The van der Waals surface area contributed by atoms with Gasteiger partial charge in [0.2, 0.25) is 0 Å². The molecule has 1 N–H and O–H groups in total. The Balaban J connectivity index is 1.50. The van der Waals surface area contributed by atoms with Crippen LogP contribution in [0.25, 0.3) is 0 Å². The average molecular weight is 561 g/mol. The molecule has 0 saturated carbocycles. The second kappa shape index (κ2) is 13.7. The Morgan fingerprint density at radius 2 is 1.82 bits per heavy atom. The summed E-state index contributed by atoms with van der Waals surface area (Å²) in [5.74, 6) is 0.172. The van der Waals surface area contributed by atoms with Crippen LogP contribution in [0, 0.1) is 11.3 Å². The topological polar surface area (TPSA) is 79.7 Å².